The second kappa shape index (κ2) is 14.2. The van der Waals surface area contributed by atoms with Crippen LogP contribution < -0.4 is 4.90 Å². The van der Waals surface area contributed by atoms with Crippen molar-refractivity contribution >= 4 is 17.1 Å². The summed E-state index contributed by atoms with van der Waals surface area (Å²) < 4.78 is 0. The molecule has 56 heavy (non-hydrogen) atoms. The third-order valence-corrected chi connectivity index (χ3v) is 11.3. The van der Waals surface area contributed by atoms with Gasteiger partial charge in [0.1, 0.15) is 0 Å². The molecule has 0 atom stereocenters. The summed E-state index contributed by atoms with van der Waals surface area (Å²) in [7, 11) is 0. The molecular weight excluding hydrogens is 675 g/mol. The van der Waals surface area contributed by atoms with Crippen LogP contribution in [0, 0.1) is 0 Å². The molecule has 10 rings (SSSR count). The quantitative estimate of drug-likeness (QED) is 0.152. The highest BCUT2D eigenvalue weighted by Crippen LogP contribution is 2.57. The van der Waals surface area contributed by atoms with Gasteiger partial charge in [-0.3, -0.25) is 0 Å². The van der Waals surface area contributed by atoms with Crippen molar-refractivity contribution in [3.05, 3.63) is 259 Å². The van der Waals surface area contributed by atoms with Crippen molar-refractivity contribution in [2.75, 3.05) is 4.90 Å². The van der Waals surface area contributed by atoms with Gasteiger partial charge in [-0.1, -0.05) is 200 Å². The molecule has 1 nitrogen and oxygen atoms in total. The van der Waals surface area contributed by atoms with E-state index in [2.05, 4.69) is 241 Å². The lowest BCUT2D eigenvalue weighted by molar-refractivity contribution is 0.768. The summed E-state index contributed by atoms with van der Waals surface area (Å²) >= 11 is 0. The lowest BCUT2D eigenvalue weighted by atomic mass is 9.67. The van der Waals surface area contributed by atoms with E-state index in [-0.39, 0.29) is 0 Å². The van der Waals surface area contributed by atoms with Crippen molar-refractivity contribution in [3.63, 3.8) is 0 Å². The standard InChI is InChI=1S/C55H39N/c1-5-19-40(20-6-1)42-23-17-25-44(37-42)49-31-14-16-34-54(49)56(47-30-18-24-43(38-47)41-21-7-2-8-22-41)48-35-36-51-50-32-13-15-33-52(50)55(53(51)39-48,45-26-9-3-10-27-45)46-28-11-4-12-29-46/h1-39H. The summed E-state index contributed by atoms with van der Waals surface area (Å²) in [6.07, 6.45) is 0. The lowest BCUT2D eigenvalue weighted by Gasteiger charge is -2.35. The van der Waals surface area contributed by atoms with E-state index in [1.54, 1.807) is 0 Å². The van der Waals surface area contributed by atoms with Gasteiger partial charge >= 0.3 is 0 Å². The normalized spacial score (nSPS) is 12.4. The molecule has 0 heterocycles. The molecule has 0 spiro atoms. The van der Waals surface area contributed by atoms with E-state index in [1.165, 1.54) is 61.2 Å². The van der Waals surface area contributed by atoms with Crippen LogP contribution in [0.1, 0.15) is 22.3 Å². The predicted octanol–water partition coefficient (Wildman–Crippen LogP) is 14.5. The first-order valence-electron chi connectivity index (χ1n) is 19.3. The highest BCUT2D eigenvalue weighted by molar-refractivity contribution is 5.93. The second-order valence-corrected chi connectivity index (χ2v) is 14.5. The molecule has 0 N–H and O–H groups in total. The van der Waals surface area contributed by atoms with Crippen LogP contribution in [0.3, 0.4) is 0 Å². The van der Waals surface area contributed by atoms with Crippen LogP contribution in [0.25, 0.3) is 44.5 Å². The van der Waals surface area contributed by atoms with E-state index in [4.69, 9.17) is 0 Å². The van der Waals surface area contributed by atoms with Gasteiger partial charge in [0.2, 0.25) is 0 Å². The van der Waals surface area contributed by atoms with Crippen LogP contribution in [-0.4, -0.2) is 0 Å². The summed E-state index contributed by atoms with van der Waals surface area (Å²) in [5.41, 5.74) is 17.5. The fraction of sp³-hybridized carbons (Fsp3) is 0.0182. The van der Waals surface area contributed by atoms with Gasteiger partial charge in [-0.25, -0.2) is 0 Å². The van der Waals surface area contributed by atoms with E-state index in [0.29, 0.717) is 0 Å². The Morgan fingerprint density at radius 2 is 0.732 bits per heavy atom. The Morgan fingerprint density at radius 1 is 0.268 bits per heavy atom. The van der Waals surface area contributed by atoms with E-state index < -0.39 is 5.41 Å². The number of rotatable bonds is 8. The van der Waals surface area contributed by atoms with Crippen LogP contribution >= 0.6 is 0 Å². The average molecular weight is 714 g/mol. The number of nitrogens with zero attached hydrogens (tertiary/aromatic N) is 1. The van der Waals surface area contributed by atoms with E-state index in [1.807, 2.05) is 0 Å². The molecule has 1 heteroatoms. The Hall–Kier alpha value is -7.22. The second-order valence-electron chi connectivity index (χ2n) is 14.5. The van der Waals surface area contributed by atoms with E-state index in [0.717, 1.165) is 22.6 Å². The van der Waals surface area contributed by atoms with Gasteiger partial charge in [0.05, 0.1) is 11.1 Å². The van der Waals surface area contributed by atoms with Crippen LogP contribution in [0.15, 0.2) is 237 Å². The fourth-order valence-corrected chi connectivity index (χ4v) is 8.86. The van der Waals surface area contributed by atoms with Gasteiger partial charge in [-0.05, 0) is 97.6 Å². The largest absolute Gasteiger partial charge is 0.310 e. The van der Waals surface area contributed by atoms with Crippen molar-refractivity contribution in [2.24, 2.45) is 0 Å². The van der Waals surface area contributed by atoms with Gasteiger partial charge in [0, 0.05) is 16.9 Å². The van der Waals surface area contributed by atoms with E-state index in [9.17, 15) is 0 Å². The highest BCUT2D eigenvalue weighted by atomic mass is 15.1. The molecule has 1 aliphatic rings. The first-order valence-corrected chi connectivity index (χ1v) is 19.3. The Balaban J connectivity index is 1.23. The summed E-state index contributed by atoms with van der Waals surface area (Å²) in [6, 6.07) is 86.3. The maximum atomic E-state index is 2.46. The molecule has 0 bridgehead atoms. The molecule has 0 fully saturated rings. The molecule has 0 saturated carbocycles. The Kier molecular flexibility index (Phi) is 8.46. The minimum atomic E-state index is -0.508. The molecule has 0 unspecified atom stereocenters. The summed E-state index contributed by atoms with van der Waals surface area (Å²) in [6.45, 7) is 0. The van der Waals surface area contributed by atoms with Crippen molar-refractivity contribution in [1.29, 1.82) is 0 Å². The van der Waals surface area contributed by atoms with Gasteiger partial charge < -0.3 is 4.90 Å². The summed E-state index contributed by atoms with van der Waals surface area (Å²) in [4.78, 5) is 2.46. The molecule has 1 aliphatic carbocycles. The molecule has 0 aromatic heterocycles. The van der Waals surface area contributed by atoms with Crippen molar-refractivity contribution in [2.45, 2.75) is 5.41 Å². The smallest absolute Gasteiger partial charge is 0.0714 e. The third-order valence-electron chi connectivity index (χ3n) is 11.3. The monoisotopic (exact) mass is 713 g/mol. The maximum Gasteiger partial charge on any atom is 0.0714 e. The number of anilines is 3. The molecule has 9 aromatic carbocycles. The first kappa shape index (κ1) is 33.4. The third kappa shape index (κ3) is 5.65. The van der Waals surface area contributed by atoms with E-state index >= 15 is 0 Å². The van der Waals surface area contributed by atoms with Gasteiger partial charge in [-0.15, -0.1) is 0 Å². The zero-order chi connectivity index (χ0) is 37.3. The molecule has 0 radical (unpaired) electrons. The summed E-state index contributed by atoms with van der Waals surface area (Å²) in [5, 5.41) is 0. The Labute approximate surface area is 329 Å². The minimum Gasteiger partial charge on any atom is -0.310 e. The summed E-state index contributed by atoms with van der Waals surface area (Å²) in [5.74, 6) is 0. The first-order chi connectivity index (χ1) is 27.8. The average Bonchev–Trinajstić information content (AvgIpc) is 3.58. The molecule has 9 aromatic rings. The topological polar surface area (TPSA) is 3.24 Å². The molecule has 0 saturated heterocycles. The number of para-hydroxylation sites is 1. The number of hydrogen-bond acceptors (Lipinski definition) is 1. The minimum absolute atomic E-state index is 0.508. The van der Waals surface area contributed by atoms with Crippen molar-refractivity contribution < 1.29 is 0 Å². The fourth-order valence-electron chi connectivity index (χ4n) is 8.86. The molecule has 264 valence electrons. The van der Waals surface area contributed by atoms with Gasteiger partial charge in [0.25, 0.3) is 0 Å². The van der Waals surface area contributed by atoms with Crippen LogP contribution in [0.2, 0.25) is 0 Å². The van der Waals surface area contributed by atoms with Gasteiger partial charge in [-0.2, -0.15) is 0 Å². The number of benzene rings is 9. The SMILES string of the molecule is c1ccc(-c2cccc(-c3ccccc3N(c3cccc(-c4ccccc4)c3)c3ccc4c(c3)C(c3ccccc3)(c3ccccc3)c3ccccc3-4)c2)cc1. The zero-order valence-corrected chi connectivity index (χ0v) is 31.0. The highest BCUT2D eigenvalue weighted by Gasteiger charge is 2.46. The predicted molar refractivity (Wildman–Crippen MR) is 235 cm³/mol. The van der Waals surface area contributed by atoms with Gasteiger partial charge in [0.15, 0.2) is 0 Å². The van der Waals surface area contributed by atoms with Crippen LogP contribution in [0.4, 0.5) is 17.1 Å². The van der Waals surface area contributed by atoms with Crippen molar-refractivity contribution in [3.8, 4) is 44.5 Å². The molecule has 0 amide bonds. The molecule has 0 aliphatic heterocycles. The van der Waals surface area contributed by atoms with Crippen LogP contribution in [-0.2, 0) is 5.41 Å². The Bertz CT molecular complexity index is 2750. The lowest BCUT2D eigenvalue weighted by Crippen LogP contribution is -2.28. The van der Waals surface area contributed by atoms with Crippen molar-refractivity contribution in [1.82, 2.24) is 0 Å². The Morgan fingerprint density at radius 3 is 1.39 bits per heavy atom. The zero-order valence-electron chi connectivity index (χ0n) is 31.0. The molecular formula is C55H39N. The van der Waals surface area contributed by atoms with Crippen LogP contribution in [0.5, 0.6) is 0 Å². The number of fused-ring (bicyclic) bond motifs is 3. The maximum absolute atomic E-state index is 2.46. The number of hydrogen-bond donors (Lipinski definition) is 0.